The van der Waals surface area contributed by atoms with Crippen LogP contribution in [0.25, 0.3) is 11.1 Å². The third-order valence-electron chi connectivity index (χ3n) is 5.36. The van der Waals surface area contributed by atoms with Crippen LogP contribution in [-0.2, 0) is 11.8 Å². The number of alkyl halides is 3. The van der Waals surface area contributed by atoms with Crippen molar-refractivity contribution < 1.29 is 32.2 Å². The summed E-state index contributed by atoms with van der Waals surface area (Å²) < 4.78 is 43.8. The fourth-order valence-corrected chi connectivity index (χ4v) is 3.21. The van der Waals surface area contributed by atoms with Crippen LogP contribution >= 0.6 is 0 Å². The first-order valence-electron chi connectivity index (χ1n) is 10.7. The van der Waals surface area contributed by atoms with Crippen LogP contribution in [0.5, 0.6) is 5.75 Å². The standard InChI is InChI=1S/C22H23N5O3.C2HF3O2/c1-12-8-16(10-19(29-5)14(12)3)25-21-23-11-13(2)20(26-21)24-15-6-7-18-17(9-15)27(4)22(28)30-18;3-2(4,5)1(6)7/h6-11H,1-5H3,(H2,23,24,25,26);(H,6,7). The third-order valence-corrected chi connectivity index (χ3v) is 5.36. The van der Waals surface area contributed by atoms with Gasteiger partial charge < -0.3 is 24.9 Å². The van der Waals surface area contributed by atoms with Crippen LogP contribution in [0.15, 0.2) is 45.7 Å². The molecule has 0 radical (unpaired) electrons. The molecule has 0 spiro atoms. The number of nitrogens with zero attached hydrogens (tertiary/aromatic N) is 3. The minimum Gasteiger partial charge on any atom is -0.496 e. The molecule has 37 heavy (non-hydrogen) atoms. The summed E-state index contributed by atoms with van der Waals surface area (Å²) in [6.07, 6.45) is -3.33. The van der Waals surface area contributed by atoms with Crippen molar-refractivity contribution in [2.24, 2.45) is 7.05 Å². The Labute approximate surface area is 208 Å². The minimum absolute atomic E-state index is 0.393. The van der Waals surface area contributed by atoms with E-state index in [9.17, 15) is 18.0 Å². The van der Waals surface area contributed by atoms with Crippen molar-refractivity contribution in [3.05, 3.63) is 63.8 Å². The zero-order valence-electron chi connectivity index (χ0n) is 20.5. The topological polar surface area (TPSA) is 132 Å². The number of hydrogen-bond donors (Lipinski definition) is 3. The van der Waals surface area contributed by atoms with Gasteiger partial charge in [0.05, 0.1) is 12.6 Å². The van der Waals surface area contributed by atoms with E-state index in [0.29, 0.717) is 22.9 Å². The molecule has 3 N–H and O–H groups in total. The monoisotopic (exact) mass is 519 g/mol. The molecule has 0 aliphatic carbocycles. The highest BCUT2D eigenvalue weighted by Gasteiger charge is 2.38. The summed E-state index contributed by atoms with van der Waals surface area (Å²) in [5, 5.41) is 13.7. The lowest BCUT2D eigenvalue weighted by Crippen LogP contribution is -2.21. The molecule has 2 aromatic heterocycles. The van der Waals surface area contributed by atoms with Gasteiger partial charge in [-0.2, -0.15) is 18.2 Å². The number of carbonyl (C=O) groups is 1. The van der Waals surface area contributed by atoms with Gasteiger partial charge >= 0.3 is 17.9 Å². The molecule has 196 valence electrons. The molecule has 13 heteroatoms. The van der Waals surface area contributed by atoms with E-state index in [1.807, 2.05) is 45.0 Å². The number of methoxy groups -OCH3 is 1. The van der Waals surface area contributed by atoms with E-state index in [0.717, 1.165) is 33.8 Å². The number of oxazole rings is 1. The van der Waals surface area contributed by atoms with E-state index >= 15 is 0 Å². The lowest BCUT2D eigenvalue weighted by molar-refractivity contribution is -0.192. The Balaban J connectivity index is 0.000000479. The van der Waals surface area contributed by atoms with Crippen LogP contribution in [0.2, 0.25) is 0 Å². The molecule has 2 heterocycles. The van der Waals surface area contributed by atoms with Crippen molar-refractivity contribution in [1.82, 2.24) is 14.5 Å². The molecule has 0 fully saturated rings. The average Bonchev–Trinajstić information content (AvgIpc) is 3.11. The number of nitrogens with one attached hydrogen (secondary N) is 2. The Morgan fingerprint density at radius 1 is 1.08 bits per heavy atom. The van der Waals surface area contributed by atoms with E-state index in [1.54, 1.807) is 26.4 Å². The smallest absolute Gasteiger partial charge is 0.490 e. The van der Waals surface area contributed by atoms with Crippen LogP contribution in [0.3, 0.4) is 0 Å². The second kappa shape index (κ2) is 10.6. The van der Waals surface area contributed by atoms with Crippen molar-refractivity contribution in [2.45, 2.75) is 26.9 Å². The zero-order chi connectivity index (χ0) is 27.5. The number of rotatable bonds is 5. The maximum Gasteiger partial charge on any atom is 0.490 e. The van der Waals surface area contributed by atoms with Crippen molar-refractivity contribution >= 4 is 40.2 Å². The summed E-state index contributed by atoms with van der Waals surface area (Å²) in [4.78, 5) is 29.6. The number of aromatic nitrogens is 3. The first kappa shape index (κ1) is 27.0. The molecule has 0 saturated heterocycles. The van der Waals surface area contributed by atoms with Gasteiger partial charge in [0.25, 0.3) is 0 Å². The molecule has 0 amide bonds. The Bertz CT molecular complexity index is 1510. The van der Waals surface area contributed by atoms with E-state index in [1.165, 1.54) is 4.57 Å². The number of anilines is 4. The molecule has 4 rings (SSSR count). The highest BCUT2D eigenvalue weighted by molar-refractivity contribution is 5.79. The molecule has 0 atom stereocenters. The summed E-state index contributed by atoms with van der Waals surface area (Å²) >= 11 is 0. The third kappa shape index (κ3) is 6.37. The molecular weight excluding hydrogens is 495 g/mol. The van der Waals surface area contributed by atoms with Gasteiger partial charge in [-0.25, -0.2) is 14.6 Å². The number of fused-ring (bicyclic) bond motifs is 1. The lowest BCUT2D eigenvalue weighted by Gasteiger charge is -2.14. The van der Waals surface area contributed by atoms with Gasteiger partial charge in [0, 0.05) is 36.2 Å². The first-order valence-corrected chi connectivity index (χ1v) is 10.7. The number of aliphatic carboxylic acids is 1. The average molecular weight is 519 g/mol. The molecule has 10 nitrogen and oxygen atoms in total. The maximum absolute atomic E-state index is 11.7. The highest BCUT2D eigenvalue weighted by Crippen LogP contribution is 2.28. The number of aryl methyl sites for hydroxylation is 3. The second-order valence-electron chi connectivity index (χ2n) is 8.01. The quantitative estimate of drug-likeness (QED) is 0.334. The highest BCUT2D eigenvalue weighted by atomic mass is 19.4. The van der Waals surface area contributed by atoms with Gasteiger partial charge in [0.1, 0.15) is 11.6 Å². The zero-order valence-corrected chi connectivity index (χ0v) is 20.5. The number of hydrogen-bond acceptors (Lipinski definition) is 8. The van der Waals surface area contributed by atoms with Crippen LogP contribution in [0.1, 0.15) is 16.7 Å². The largest absolute Gasteiger partial charge is 0.496 e. The normalized spacial score (nSPS) is 11.0. The van der Waals surface area contributed by atoms with Crippen LogP contribution in [0.4, 0.5) is 36.3 Å². The molecule has 0 bridgehead atoms. The van der Waals surface area contributed by atoms with Crippen molar-refractivity contribution in [1.29, 1.82) is 0 Å². The van der Waals surface area contributed by atoms with E-state index in [2.05, 4.69) is 20.6 Å². The van der Waals surface area contributed by atoms with E-state index in [-0.39, 0.29) is 0 Å². The fraction of sp³-hybridized carbons (Fsp3) is 0.250. The van der Waals surface area contributed by atoms with E-state index in [4.69, 9.17) is 19.1 Å². The van der Waals surface area contributed by atoms with Gasteiger partial charge in [-0.1, -0.05) is 0 Å². The number of halogens is 3. The lowest BCUT2D eigenvalue weighted by atomic mass is 10.1. The van der Waals surface area contributed by atoms with Crippen LogP contribution in [-0.4, -0.2) is 38.9 Å². The molecule has 0 aliphatic heterocycles. The van der Waals surface area contributed by atoms with Crippen molar-refractivity contribution in [3.63, 3.8) is 0 Å². The number of carboxylic acid groups (broad SMARTS) is 1. The fourth-order valence-electron chi connectivity index (χ4n) is 3.21. The molecule has 0 unspecified atom stereocenters. The minimum atomic E-state index is -5.08. The van der Waals surface area contributed by atoms with E-state index < -0.39 is 17.9 Å². The molecular formula is C24H24F3N5O5. The van der Waals surface area contributed by atoms with Crippen LogP contribution in [0, 0.1) is 20.8 Å². The Hall–Kier alpha value is -4.55. The Morgan fingerprint density at radius 3 is 2.38 bits per heavy atom. The summed E-state index contributed by atoms with van der Waals surface area (Å²) in [6.45, 7) is 5.98. The van der Waals surface area contributed by atoms with Gasteiger partial charge in [0.15, 0.2) is 5.58 Å². The van der Waals surface area contributed by atoms with Gasteiger partial charge in [-0.05, 0) is 56.2 Å². The van der Waals surface area contributed by atoms with Gasteiger partial charge in [-0.15, -0.1) is 0 Å². The maximum atomic E-state index is 11.7. The SMILES string of the molecule is COc1cc(Nc2ncc(C)c(Nc3ccc4oc(=O)n(C)c4c3)n2)cc(C)c1C.O=C(O)C(F)(F)F. The first-order chi connectivity index (χ1) is 17.3. The van der Waals surface area contributed by atoms with Crippen molar-refractivity contribution in [2.75, 3.05) is 17.7 Å². The van der Waals surface area contributed by atoms with Crippen LogP contribution < -0.4 is 21.1 Å². The summed E-state index contributed by atoms with van der Waals surface area (Å²) in [7, 11) is 3.33. The van der Waals surface area contributed by atoms with Crippen molar-refractivity contribution in [3.8, 4) is 5.75 Å². The summed E-state index contributed by atoms with van der Waals surface area (Å²) in [5.74, 6) is -1.22. The van der Waals surface area contributed by atoms with Gasteiger partial charge in [0.2, 0.25) is 5.95 Å². The number of benzene rings is 2. The summed E-state index contributed by atoms with van der Waals surface area (Å²) in [6, 6.07) is 9.40. The van der Waals surface area contributed by atoms with Gasteiger partial charge in [-0.3, -0.25) is 4.57 Å². The predicted octanol–water partition coefficient (Wildman–Crippen LogP) is 4.98. The molecule has 0 saturated carbocycles. The number of ether oxygens (including phenoxy) is 1. The Kier molecular flexibility index (Phi) is 7.75. The molecule has 2 aromatic carbocycles. The Morgan fingerprint density at radius 2 is 1.76 bits per heavy atom. The predicted molar refractivity (Wildman–Crippen MR) is 131 cm³/mol. The summed E-state index contributed by atoms with van der Waals surface area (Å²) in [5.41, 5.74) is 5.98. The molecule has 0 aliphatic rings. The number of carboxylic acids is 1. The second-order valence-corrected chi connectivity index (χ2v) is 8.01. The molecule has 4 aromatic rings.